The molecule has 1 heterocycles. The molecule has 0 aromatic heterocycles. The van der Waals surface area contributed by atoms with E-state index in [1.54, 1.807) is 0 Å². The second-order valence-corrected chi connectivity index (χ2v) is 3.83. The molecule has 1 aliphatic heterocycles. The van der Waals surface area contributed by atoms with Gasteiger partial charge in [-0.25, -0.2) is 0 Å². The minimum atomic E-state index is 0.442. The van der Waals surface area contributed by atoms with Gasteiger partial charge in [-0.3, -0.25) is 4.79 Å². The Bertz CT molecular complexity index is 160. The number of carbonyl (C=O) groups excluding carboxylic acids is 1. The Labute approximate surface area is 73.1 Å². The Kier molecular flexibility index (Phi) is 2.30. The second kappa shape index (κ2) is 3.44. The molecule has 1 saturated heterocycles. The molecular weight excluding hydrogens is 152 g/mol. The molecule has 0 aromatic carbocycles. The molecule has 2 rings (SSSR count). The number of piperidine rings is 1. The number of amides is 1. The lowest BCUT2D eigenvalue weighted by Gasteiger charge is -2.31. The highest BCUT2D eigenvalue weighted by Gasteiger charge is 2.31. The normalized spacial score (nSPS) is 27.0. The van der Waals surface area contributed by atoms with Gasteiger partial charge in [-0.05, 0) is 25.7 Å². The zero-order valence-electron chi connectivity index (χ0n) is 7.33. The third-order valence-electron chi connectivity index (χ3n) is 2.90. The molecule has 0 atom stereocenters. The van der Waals surface area contributed by atoms with E-state index >= 15 is 0 Å². The van der Waals surface area contributed by atoms with Crippen molar-refractivity contribution in [1.29, 1.82) is 0 Å². The molecule has 68 valence electrons. The highest BCUT2D eigenvalue weighted by molar-refractivity contribution is 5.46. The molecule has 12 heavy (non-hydrogen) atoms. The van der Waals surface area contributed by atoms with Crippen LogP contribution in [0.15, 0.2) is 0 Å². The number of rotatable bonds is 3. The summed E-state index contributed by atoms with van der Waals surface area (Å²) >= 11 is 0. The molecule has 0 radical (unpaired) electrons. The predicted octanol–water partition coefficient (Wildman–Crippen LogP) is 0.359. The Balaban J connectivity index is 1.72. The molecule has 2 aliphatic rings. The Morgan fingerprint density at radius 3 is 2.33 bits per heavy atom. The van der Waals surface area contributed by atoms with Crippen LogP contribution >= 0.6 is 0 Å². The van der Waals surface area contributed by atoms with Crippen molar-refractivity contribution in [3.63, 3.8) is 0 Å². The predicted molar refractivity (Wildman–Crippen MR) is 46.8 cm³/mol. The SMILES string of the molecule is O=CNC1CCN(C2CC2)CC1. The lowest BCUT2D eigenvalue weighted by molar-refractivity contribution is -0.110. The molecule has 3 heteroatoms. The van der Waals surface area contributed by atoms with Crippen LogP contribution in [0.3, 0.4) is 0 Å². The first kappa shape index (κ1) is 8.05. The number of nitrogens with one attached hydrogen (secondary N) is 1. The molecule has 1 N–H and O–H groups in total. The van der Waals surface area contributed by atoms with Crippen molar-refractivity contribution in [1.82, 2.24) is 10.2 Å². The van der Waals surface area contributed by atoms with Crippen LogP contribution in [0.5, 0.6) is 0 Å². The molecule has 1 amide bonds. The third kappa shape index (κ3) is 1.78. The molecule has 0 unspecified atom stereocenters. The number of nitrogens with zero attached hydrogens (tertiary/aromatic N) is 1. The van der Waals surface area contributed by atoms with Gasteiger partial charge >= 0.3 is 0 Å². The van der Waals surface area contributed by atoms with Crippen LogP contribution in [0.2, 0.25) is 0 Å². The number of hydrogen-bond donors (Lipinski definition) is 1. The van der Waals surface area contributed by atoms with E-state index in [1.807, 2.05) is 0 Å². The van der Waals surface area contributed by atoms with Gasteiger partial charge in [0.2, 0.25) is 6.41 Å². The molecule has 0 spiro atoms. The zero-order valence-corrected chi connectivity index (χ0v) is 7.33. The van der Waals surface area contributed by atoms with E-state index in [4.69, 9.17) is 0 Å². The molecule has 1 aliphatic carbocycles. The summed E-state index contributed by atoms with van der Waals surface area (Å²) < 4.78 is 0. The molecule has 1 saturated carbocycles. The van der Waals surface area contributed by atoms with Gasteiger partial charge in [-0.2, -0.15) is 0 Å². The highest BCUT2D eigenvalue weighted by atomic mass is 16.1. The molecule has 2 fully saturated rings. The first-order valence-corrected chi connectivity index (χ1v) is 4.84. The summed E-state index contributed by atoms with van der Waals surface area (Å²) in [5.74, 6) is 0. The van der Waals surface area contributed by atoms with Gasteiger partial charge in [0.15, 0.2) is 0 Å². The highest BCUT2D eigenvalue weighted by Crippen LogP contribution is 2.29. The van der Waals surface area contributed by atoms with Crippen molar-refractivity contribution in [3.8, 4) is 0 Å². The molecule has 0 aromatic rings. The van der Waals surface area contributed by atoms with Crippen molar-refractivity contribution < 1.29 is 4.79 Å². The number of likely N-dealkylation sites (tertiary alicyclic amines) is 1. The van der Waals surface area contributed by atoms with Gasteiger partial charge in [0.1, 0.15) is 0 Å². The van der Waals surface area contributed by atoms with E-state index in [1.165, 1.54) is 25.9 Å². The molecular formula is C9H16N2O. The van der Waals surface area contributed by atoms with E-state index in [0.717, 1.165) is 25.3 Å². The van der Waals surface area contributed by atoms with E-state index < -0.39 is 0 Å². The first-order valence-electron chi connectivity index (χ1n) is 4.84. The van der Waals surface area contributed by atoms with Crippen LogP contribution in [-0.2, 0) is 4.79 Å². The van der Waals surface area contributed by atoms with Crippen LogP contribution in [0.4, 0.5) is 0 Å². The van der Waals surface area contributed by atoms with Crippen molar-refractivity contribution in [2.45, 2.75) is 37.8 Å². The number of carbonyl (C=O) groups is 1. The maximum atomic E-state index is 10.2. The fourth-order valence-corrected chi connectivity index (χ4v) is 1.97. The van der Waals surface area contributed by atoms with Crippen molar-refractivity contribution in [2.24, 2.45) is 0 Å². The third-order valence-corrected chi connectivity index (χ3v) is 2.90. The number of hydrogen-bond acceptors (Lipinski definition) is 2. The van der Waals surface area contributed by atoms with Gasteiger partial charge < -0.3 is 10.2 Å². The largest absolute Gasteiger partial charge is 0.356 e. The van der Waals surface area contributed by atoms with Gasteiger partial charge in [0, 0.05) is 25.2 Å². The minimum absolute atomic E-state index is 0.442. The maximum Gasteiger partial charge on any atom is 0.207 e. The Morgan fingerprint density at radius 2 is 1.83 bits per heavy atom. The summed E-state index contributed by atoms with van der Waals surface area (Å²) in [5.41, 5.74) is 0. The lowest BCUT2D eigenvalue weighted by atomic mass is 10.1. The average Bonchev–Trinajstić information content (AvgIpc) is 2.89. The molecule has 0 bridgehead atoms. The van der Waals surface area contributed by atoms with Gasteiger partial charge in [0.25, 0.3) is 0 Å². The fraction of sp³-hybridized carbons (Fsp3) is 0.889. The van der Waals surface area contributed by atoms with Gasteiger partial charge in [-0.1, -0.05) is 0 Å². The summed E-state index contributed by atoms with van der Waals surface area (Å²) in [7, 11) is 0. The summed E-state index contributed by atoms with van der Waals surface area (Å²) in [6.45, 7) is 2.35. The second-order valence-electron chi connectivity index (χ2n) is 3.83. The first-order chi connectivity index (χ1) is 5.90. The van der Waals surface area contributed by atoms with Crippen LogP contribution in [0, 0.1) is 0 Å². The summed E-state index contributed by atoms with van der Waals surface area (Å²) in [4.78, 5) is 12.7. The van der Waals surface area contributed by atoms with Crippen molar-refractivity contribution >= 4 is 6.41 Å². The fourth-order valence-electron chi connectivity index (χ4n) is 1.97. The van der Waals surface area contributed by atoms with E-state index in [-0.39, 0.29) is 0 Å². The van der Waals surface area contributed by atoms with E-state index in [2.05, 4.69) is 10.2 Å². The summed E-state index contributed by atoms with van der Waals surface area (Å²) in [5, 5.41) is 2.86. The van der Waals surface area contributed by atoms with E-state index in [0.29, 0.717) is 6.04 Å². The van der Waals surface area contributed by atoms with Crippen molar-refractivity contribution in [2.75, 3.05) is 13.1 Å². The van der Waals surface area contributed by atoms with Crippen LogP contribution in [0.1, 0.15) is 25.7 Å². The smallest absolute Gasteiger partial charge is 0.207 e. The Hall–Kier alpha value is -0.570. The van der Waals surface area contributed by atoms with Crippen LogP contribution in [0.25, 0.3) is 0 Å². The minimum Gasteiger partial charge on any atom is -0.356 e. The van der Waals surface area contributed by atoms with E-state index in [9.17, 15) is 4.79 Å². The zero-order chi connectivity index (χ0) is 8.39. The molecule has 3 nitrogen and oxygen atoms in total. The van der Waals surface area contributed by atoms with Crippen LogP contribution in [-0.4, -0.2) is 36.5 Å². The monoisotopic (exact) mass is 168 g/mol. The quantitative estimate of drug-likeness (QED) is 0.617. The topological polar surface area (TPSA) is 32.3 Å². The summed E-state index contributed by atoms with van der Waals surface area (Å²) in [6, 6.07) is 1.33. The van der Waals surface area contributed by atoms with Gasteiger partial charge in [0.05, 0.1) is 0 Å². The summed E-state index contributed by atoms with van der Waals surface area (Å²) in [6.07, 6.45) is 5.89. The average molecular weight is 168 g/mol. The maximum absolute atomic E-state index is 10.2. The van der Waals surface area contributed by atoms with Crippen LogP contribution < -0.4 is 5.32 Å². The van der Waals surface area contributed by atoms with Crippen molar-refractivity contribution in [3.05, 3.63) is 0 Å². The standard InChI is InChI=1S/C9H16N2O/c12-7-10-8-3-5-11(6-4-8)9-1-2-9/h7-9H,1-6H2,(H,10,12). The lowest BCUT2D eigenvalue weighted by Crippen LogP contribution is -2.42. The van der Waals surface area contributed by atoms with Gasteiger partial charge in [-0.15, -0.1) is 0 Å². The Morgan fingerprint density at radius 1 is 1.17 bits per heavy atom.